The number of aryl methyl sites for hydroxylation is 3. The van der Waals surface area contributed by atoms with E-state index in [-0.39, 0.29) is 0 Å². The molecule has 0 bridgehead atoms. The van der Waals surface area contributed by atoms with Crippen LogP contribution in [0.2, 0.25) is 0 Å². The highest BCUT2D eigenvalue weighted by molar-refractivity contribution is 7.92. The smallest absolute Gasteiger partial charge is 0.261 e. The minimum absolute atomic E-state index is 0.301. The predicted octanol–water partition coefficient (Wildman–Crippen LogP) is 4.32. The number of nitrogens with zero attached hydrogens (tertiary/aromatic N) is 1. The maximum absolute atomic E-state index is 12.9. The topological polar surface area (TPSA) is 49.4 Å². The van der Waals surface area contributed by atoms with Gasteiger partial charge in [0.25, 0.3) is 10.0 Å². The number of sulfonamides is 1. The lowest BCUT2D eigenvalue weighted by molar-refractivity contribution is 0.601. The normalized spacial score (nSPS) is 14.8. The molecule has 0 spiro atoms. The summed E-state index contributed by atoms with van der Waals surface area (Å²) in [6.07, 6.45) is 2.38. The first-order chi connectivity index (χ1) is 11.8. The van der Waals surface area contributed by atoms with E-state index in [4.69, 9.17) is 0 Å². The first-order valence-corrected chi connectivity index (χ1v) is 10.2. The van der Waals surface area contributed by atoms with Crippen LogP contribution in [0.1, 0.15) is 35.1 Å². The van der Waals surface area contributed by atoms with Gasteiger partial charge in [0.15, 0.2) is 0 Å². The van der Waals surface area contributed by atoms with E-state index in [9.17, 15) is 8.42 Å². The number of anilines is 2. The third-order valence-electron chi connectivity index (χ3n) is 4.89. The van der Waals surface area contributed by atoms with Gasteiger partial charge in [-0.3, -0.25) is 4.72 Å². The second-order valence-electron chi connectivity index (χ2n) is 6.98. The molecule has 0 radical (unpaired) electrons. The van der Waals surface area contributed by atoms with Crippen LogP contribution in [0.5, 0.6) is 0 Å². The van der Waals surface area contributed by atoms with Crippen molar-refractivity contribution in [3.8, 4) is 0 Å². The third-order valence-corrected chi connectivity index (χ3v) is 6.24. The van der Waals surface area contributed by atoms with Crippen LogP contribution in [0.3, 0.4) is 0 Å². The lowest BCUT2D eigenvalue weighted by Gasteiger charge is -2.26. The van der Waals surface area contributed by atoms with Crippen molar-refractivity contribution in [2.24, 2.45) is 0 Å². The molecule has 0 unspecified atom stereocenters. The van der Waals surface area contributed by atoms with Crippen LogP contribution < -0.4 is 9.62 Å². The van der Waals surface area contributed by atoms with Crippen LogP contribution in [-0.4, -0.2) is 21.5 Å². The molecule has 2 aromatic rings. The van der Waals surface area contributed by atoms with Crippen LogP contribution >= 0.6 is 0 Å². The van der Waals surface area contributed by atoms with Gasteiger partial charge in [-0.2, -0.15) is 0 Å². The zero-order valence-electron chi connectivity index (χ0n) is 15.4. The second kappa shape index (κ2) is 6.71. The van der Waals surface area contributed by atoms with Crippen molar-refractivity contribution in [1.29, 1.82) is 0 Å². The Hall–Kier alpha value is -2.01. The first-order valence-electron chi connectivity index (χ1n) is 8.75. The third kappa shape index (κ3) is 3.52. The van der Waals surface area contributed by atoms with Crippen molar-refractivity contribution in [2.75, 3.05) is 22.7 Å². The van der Waals surface area contributed by atoms with Gasteiger partial charge in [0, 0.05) is 18.8 Å². The second-order valence-corrected chi connectivity index (χ2v) is 8.66. The molecule has 0 aliphatic carbocycles. The summed E-state index contributed by atoms with van der Waals surface area (Å²) in [6.45, 7) is 10.0. The molecule has 1 N–H and O–H groups in total. The number of hydrogen-bond acceptors (Lipinski definition) is 3. The summed E-state index contributed by atoms with van der Waals surface area (Å²) >= 11 is 0. The van der Waals surface area contributed by atoms with Gasteiger partial charge in [-0.05, 0) is 74.9 Å². The van der Waals surface area contributed by atoms with Crippen LogP contribution in [0, 0.1) is 27.7 Å². The van der Waals surface area contributed by atoms with Crippen LogP contribution in [-0.2, 0) is 10.0 Å². The van der Waals surface area contributed by atoms with Crippen molar-refractivity contribution < 1.29 is 8.42 Å². The molecule has 0 saturated carbocycles. The molecule has 0 amide bonds. The van der Waals surface area contributed by atoms with Gasteiger partial charge < -0.3 is 4.90 Å². The van der Waals surface area contributed by atoms with Crippen molar-refractivity contribution in [3.63, 3.8) is 0 Å². The van der Waals surface area contributed by atoms with Crippen molar-refractivity contribution >= 4 is 21.4 Å². The summed E-state index contributed by atoms with van der Waals surface area (Å²) in [5.74, 6) is 0. The predicted molar refractivity (Wildman–Crippen MR) is 104 cm³/mol. The van der Waals surface area contributed by atoms with Gasteiger partial charge >= 0.3 is 0 Å². The van der Waals surface area contributed by atoms with Crippen LogP contribution in [0.15, 0.2) is 35.2 Å². The molecule has 0 atom stereocenters. The molecule has 1 aliphatic rings. The molecular weight excluding hydrogens is 332 g/mol. The average molecular weight is 359 g/mol. The van der Waals surface area contributed by atoms with Gasteiger partial charge in [0.2, 0.25) is 0 Å². The molecule has 0 aromatic heterocycles. The number of nitrogens with one attached hydrogen (secondary N) is 1. The van der Waals surface area contributed by atoms with Crippen molar-refractivity contribution in [1.82, 2.24) is 0 Å². The number of benzene rings is 2. The van der Waals surface area contributed by atoms with E-state index < -0.39 is 10.0 Å². The molecule has 1 aliphatic heterocycles. The lowest BCUT2D eigenvalue weighted by Crippen LogP contribution is -2.22. The molecule has 4 nitrogen and oxygen atoms in total. The molecule has 1 fully saturated rings. The zero-order chi connectivity index (χ0) is 18.2. The standard InChI is InChI=1S/C20H26N2O2S/c1-14-8-7-9-18(12-14)25(23,24)21-19-15(2)13-16(3)20(17(19)4)22-10-5-6-11-22/h7-9,12-13,21H,5-6,10-11H2,1-4H3. The monoisotopic (exact) mass is 358 g/mol. The maximum Gasteiger partial charge on any atom is 0.261 e. The Bertz CT molecular complexity index is 898. The molecule has 1 saturated heterocycles. The highest BCUT2D eigenvalue weighted by Gasteiger charge is 2.22. The molecule has 25 heavy (non-hydrogen) atoms. The Labute approximate surface area is 150 Å². The van der Waals surface area contributed by atoms with Crippen molar-refractivity contribution in [3.05, 3.63) is 52.6 Å². The molecule has 3 rings (SSSR count). The van der Waals surface area contributed by atoms with Gasteiger partial charge in [-0.1, -0.05) is 18.2 Å². The first kappa shape index (κ1) is 17.8. The minimum atomic E-state index is -3.60. The highest BCUT2D eigenvalue weighted by atomic mass is 32.2. The fraction of sp³-hybridized carbons (Fsp3) is 0.400. The summed E-state index contributed by atoms with van der Waals surface area (Å²) in [5.41, 5.74) is 5.97. The lowest BCUT2D eigenvalue weighted by atomic mass is 10.0. The molecule has 2 aromatic carbocycles. The fourth-order valence-corrected chi connectivity index (χ4v) is 5.03. The number of hydrogen-bond donors (Lipinski definition) is 1. The molecule has 134 valence electrons. The Balaban J connectivity index is 2.04. The SMILES string of the molecule is Cc1cccc(S(=O)(=O)Nc2c(C)cc(C)c(N3CCCC3)c2C)c1. The summed E-state index contributed by atoms with van der Waals surface area (Å²) < 4.78 is 28.5. The minimum Gasteiger partial charge on any atom is -0.371 e. The highest BCUT2D eigenvalue weighted by Crippen LogP contribution is 2.36. The van der Waals surface area contributed by atoms with Crippen LogP contribution in [0.4, 0.5) is 11.4 Å². The summed E-state index contributed by atoms with van der Waals surface area (Å²) in [7, 11) is -3.60. The Morgan fingerprint density at radius 3 is 2.28 bits per heavy atom. The van der Waals surface area contributed by atoms with Gasteiger partial charge in [-0.25, -0.2) is 8.42 Å². The zero-order valence-corrected chi connectivity index (χ0v) is 16.2. The Kier molecular flexibility index (Phi) is 4.78. The van der Waals surface area contributed by atoms with E-state index >= 15 is 0 Å². The summed E-state index contributed by atoms with van der Waals surface area (Å²) in [6, 6.07) is 9.08. The van der Waals surface area contributed by atoms with Gasteiger partial charge in [0.1, 0.15) is 0 Å². The van der Waals surface area contributed by atoms with E-state index in [2.05, 4.69) is 22.6 Å². The Morgan fingerprint density at radius 2 is 1.64 bits per heavy atom. The molecular formula is C20H26N2O2S. The molecule has 5 heteroatoms. The Morgan fingerprint density at radius 1 is 0.960 bits per heavy atom. The largest absolute Gasteiger partial charge is 0.371 e. The average Bonchev–Trinajstić information content (AvgIpc) is 3.05. The summed E-state index contributed by atoms with van der Waals surface area (Å²) in [5, 5.41) is 0. The van der Waals surface area contributed by atoms with E-state index in [0.29, 0.717) is 10.6 Å². The van der Waals surface area contributed by atoms with Crippen molar-refractivity contribution in [2.45, 2.75) is 45.4 Å². The molecule has 1 heterocycles. The number of rotatable bonds is 4. The fourth-order valence-electron chi connectivity index (χ4n) is 3.74. The quantitative estimate of drug-likeness (QED) is 0.885. The van der Waals surface area contributed by atoms with E-state index in [1.807, 2.05) is 26.8 Å². The van der Waals surface area contributed by atoms with E-state index in [1.165, 1.54) is 24.1 Å². The van der Waals surface area contributed by atoms with E-state index in [1.54, 1.807) is 18.2 Å². The maximum atomic E-state index is 12.9. The van der Waals surface area contributed by atoms with Crippen LogP contribution in [0.25, 0.3) is 0 Å². The van der Waals surface area contributed by atoms with E-state index in [0.717, 1.165) is 29.8 Å². The van der Waals surface area contributed by atoms with Gasteiger partial charge in [-0.15, -0.1) is 0 Å². The van der Waals surface area contributed by atoms with Gasteiger partial charge in [0.05, 0.1) is 10.6 Å². The summed E-state index contributed by atoms with van der Waals surface area (Å²) in [4.78, 5) is 2.67.